The molecule has 482 valence electrons. The van der Waals surface area contributed by atoms with Crippen molar-refractivity contribution >= 4 is 87.9 Å². The Labute approximate surface area is 514 Å². The number of thiazole rings is 1. The van der Waals surface area contributed by atoms with Crippen molar-refractivity contribution in [2.75, 3.05) is 78.8 Å². The Morgan fingerprint density at radius 3 is 2.22 bits per heavy atom. The van der Waals surface area contributed by atoms with E-state index in [4.69, 9.17) is 14.2 Å². The predicted molar refractivity (Wildman–Crippen MR) is 327 cm³/mol. The predicted octanol–water partition coefficient (Wildman–Crippen LogP) is 4.39. The van der Waals surface area contributed by atoms with E-state index in [1.54, 1.807) is 24.3 Å². The SMILES string of the molecule is CC[C@H](C)[C@H](CC(=O)C(C)(C)N(C)C)C(=O)N(C)[C@H](C[C@@H](OC(C)=O)c1nc(C(=O)N[C@@H](Cc2ccc(O)c(NC(=O)CCOCCOCCNC(=O)[C@H](CCCC[NH3+])NC(=O)CCCN3C(=O)CC(SC)C3=O)c2)CC(C)C(=O)O)cs1)C(C)C. The minimum atomic E-state index is -1.08. The fraction of sp³-hybridized carbons (Fsp3) is 0.683. The number of aromatic nitrogens is 1. The van der Waals surface area contributed by atoms with Crippen LogP contribution in [0.3, 0.4) is 0 Å². The Hall–Kier alpha value is -6.06. The Morgan fingerprint density at radius 2 is 1.62 bits per heavy atom. The number of likely N-dealkylation sites (tertiary alicyclic amines) is 1. The smallest absolute Gasteiger partial charge is 0.306 e. The van der Waals surface area contributed by atoms with Gasteiger partial charge in [-0.2, -0.15) is 11.8 Å². The summed E-state index contributed by atoms with van der Waals surface area (Å²) < 4.78 is 17.0. The molecule has 1 aromatic heterocycles. The summed E-state index contributed by atoms with van der Waals surface area (Å²) >= 11 is 2.42. The molecule has 1 aliphatic heterocycles. The summed E-state index contributed by atoms with van der Waals surface area (Å²) in [4.78, 5) is 139. The molecule has 3 rings (SSSR count). The molecule has 8 atom stereocenters. The zero-order valence-corrected chi connectivity index (χ0v) is 54.1. The van der Waals surface area contributed by atoms with Crippen LogP contribution < -0.4 is 27.0 Å². The second kappa shape index (κ2) is 36.9. The van der Waals surface area contributed by atoms with Crippen molar-refractivity contribution in [2.45, 2.75) is 167 Å². The number of aliphatic carboxylic acids is 1. The molecule has 9 N–H and O–H groups in total. The summed E-state index contributed by atoms with van der Waals surface area (Å²) in [6.45, 7) is 15.7. The number of rotatable bonds is 41. The number of benzene rings is 1. The Morgan fingerprint density at radius 1 is 0.930 bits per heavy atom. The highest BCUT2D eigenvalue weighted by atomic mass is 32.2. The average Bonchev–Trinajstić information content (AvgIpc) is 2.54. The van der Waals surface area contributed by atoms with Crippen LogP contribution in [0.25, 0.3) is 0 Å². The number of nitrogens with zero attached hydrogens (tertiary/aromatic N) is 4. The number of phenolic OH excluding ortho intramolecular Hbond substituents is 1. The van der Waals surface area contributed by atoms with Crippen LogP contribution in [-0.4, -0.2) is 191 Å². The molecule has 2 heterocycles. The summed E-state index contributed by atoms with van der Waals surface area (Å²) in [7, 11) is 5.35. The van der Waals surface area contributed by atoms with Gasteiger partial charge in [-0.05, 0) is 102 Å². The third-order valence-corrected chi connectivity index (χ3v) is 17.7. The van der Waals surface area contributed by atoms with Crippen molar-refractivity contribution in [2.24, 2.45) is 23.7 Å². The van der Waals surface area contributed by atoms with Gasteiger partial charge in [0.2, 0.25) is 35.4 Å². The number of esters is 1. The van der Waals surface area contributed by atoms with Crippen LogP contribution in [0.5, 0.6) is 5.75 Å². The van der Waals surface area contributed by atoms with E-state index in [1.165, 1.54) is 48.0 Å². The number of ketones is 1. The van der Waals surface area contributed by atoms with Crippen LogP contribution >= 0.6 is 23.1 Å². The van der Waals surface area contributed by atoms with Gasteiger partial charge < -0.3 is 56.3 Å². The largest absolute Gasteiger partial charge is 0.506 e. The molecule has 1 aliphatic rings. The molecular formula is C60H96N9O15S2+. The lowest BCUT2D eigenvalue weighted by Gasteiger charge is -2.38. The van der Waals surface area contributed by atoms with E-state index in [1.807, 2.05) is 60.5 Å². The van der Waals surface area contributed by atoms with Crippen LogP contribution in [0.1, 0.15) is 153 Å². The minimum absolute atomic E-state index is 0.00681. The number of unbranched alkanes of at least 4 members (excludes halogenated alkanes) is 1. The van der Waals surface area contributed by atoms with Gasteiger partial charge >= 0.3 is 11.9 Å². The molecule has 7 amide bonds. The maximum absolute atomic E-state index is 14.4. The number of likely N-dealkylation sites (N-methyl/N-ethyl adjacent to an activating group) is 1. The molecule has 0 spiro atoms. The van der Waals surface area contributed by atoms with Crippen LogP contribution in [-0.2, 0) is 63.8 Å². The first-order valence-electron chi connectivity index (χ1n) is 29.7. The summed E-state index contributed by atoms with van der Waals surface area (Å²) in [6.07, 6.45) is 4.05. The van der Waals surface area contributed by atoms with Crippen molar-refractivity contribution in [3.05, 3.63) is 39.8 Å². The number of carbonyl (C=O) groups excluding carboxylic acids is 9. The van der Waals surface area contributed by atoms with Crippen molar-refractivity contribution in [1.29, 1.82) is 0 Å². The number of phenols is 1. The lowest BCUT2D eigenvalue weighted by Crippen LogP contribution is -2.50. The van der Waals surface area contributed by atoms with E-state index in [0.717, 1.165) is 17.8 Å². The number of thioether (sulfide) groups is 1. The molecule has 2 aromatic rings. The van der Waals surface area contributed by atoms with Crippen molar-refractivity contribution in [3.8, 4) is 5.75 Å². The molecule has 1 aromatic carbocycles. The summed E-state index contributed by atoms with van der Waals surface area (Å²) in [5.74, 6) is -6.18. The first-order valence-corrected chi connectivity index (χ1v) is 31.9. The Bertz CT molecular complexity index is 2600. The number of carboxylic acid groups (broad SMARTS) is 1. The molecule has 1 saturated heterocycles. The summed E-state index contributed by atoms with van der Waals surface area (Å²) in [5.41, 5.74) is 3.68. The zero-order valence-electron chi connectivity index (χ0n) is 52.5. The van der Waals surface area contributed by atoms with Gasteiger partial charge in [-0.15, -0.1) is 11.3 Å². The van der Waals surface area contributed by atoms with Gasteiger partial charge in [0.05, 0.1) is 61.8 Å². The molecule has 0 saturated carbocycles. The highest BCUT2D eigenvalue weighted by Crippen LogP contribution is 2.34. The molecule has 86 heavy (non-hydrogen) atoms. The maximum Gasteiger partial charge on any atom is 0.306 e. The average molecular weight is 1250 g/mol. The highest BCUT2D eigenvalue weighted by Gasteiger charge is 2.40. The molecule has 24 nitrogen and oxygen atoms in total. The van der Waals surface area contributed by atoms with E-state index in [0.29, 0.717) is 36.4 Å². The van der Waals surface area contributed by atoms with Gasteiger partial charge in [-0.3, -0.25) is 57.7 Å². The van der Waals surface area contributed by atoms with Gasteiger partial charge in [0.1, 0.15) is 22.5 Å². The van der Waals surface area contributed by atoms with Gasteiger partial charge in [0.25, 0.3) is 5.91 Å². The second-order valence-electron chi connectivity index (χ2n) is 23.1. The second-order valence-corrected chi connectivity index (χ2v) is 25.1. The topological polar surface area (TPSA) is 337 Å². The Kier molecular flexibility index (Phi) is 31.9. The van der Waals surface area contributed by atoms with E-state index < -0.39 is 70.6 Å². The van der Waals surface area contributed by atoms with E-state index in [2.05, 4.69) is 32.0 Å². The fourth-order valence-corrected chi connectivity index (χ4v) is 11.1. The third kappa shape index (κ3) is 23.9. The number of anilines is 1. The standard InChI is InChI=1S/C60H95N9O15S2/c1-13-37(4)42(32-50(72)60(7,8)67(9)10)57(78)68(11)46(36(2)3)33-48(84-39(6)70)56-66-45(35-86-56)55(77)63-41(29-38(5)59(80)81)30-40-19-20-47(71)44(31-40)65-52(74)21-25-82-27-28-83-26-23-62-54(76)43(17-14-15-22-61)64-51(73)18-16-24-69-53(75)34-49(85-12)58(69)79/h19-20,31,35-38,41-43,46,48-49,71H,13-18,21-30,32-34,61H2,1-12H3,(H,62,76)(H,63,77)(H,64,73)(H,65,74)(H,80,81)/p+1/t37-,38?,41+,42-,43-,46+,48+,49?/m0/s1. The number of ether oxygens (including phenoxy) is 3. The third-order valence-electron chi connectivity index (χ3n) is 15.8. The van der Waals surface area contributed by atoms with Crippen LogP contribution in [0.2, 0.25) is 0 Å². The number of aromatic hydroxyl groups is 1. The van der Waals surface area contributed by atoms with Crippen molar-refractivity contribution in [1.82, 2.24) is 35.6 Å². The van der Waals surface area contributed by atoms with Gasteiger partial charge in [0, 0.05) is 76.1 Å². The van der Waals surface area contributed by atoms with Crippen LogP contribution in [0.4, 0.5) is 5.69 Å². The normalized spacial score (nSPS) is 16.0. The summed E-state index contributed by atoms with van der Waals surface area (Å²) in [5, 5.41) is 33.1. The molecule has 1 fully saturated rings. The van der Waals surface area contributed by atoms with E-state index >= 15 is 0 Å². The molecule has 26 heteroatoms. The lowest BCUT2D eigenvalue weighted by molar-refractivity contribution is -0.368. The fourth-order valence-electron chi connectivity index (χ4n) is 9.65. The lowest BCUT2D eigenvalue weighted by atomic mass is 9.81. The zero-order chi connectivity index (χ0) is 64.4. The van der Waals surface area contributed by atoms with Crippen molar-refractivity contribution in [3.63, 3.8) is 0 Å². The number of hydrogen-bond donors (Lipinski definition) is 7. The van der Waals surface area contributed by atoms with Crippen LogP contribution in [0, 0.1) is 23.7 Å². The van der Waals surface area contributed by atoms with E-state index in [9.17, 15) is 58.2 Å². The molecule has 0 radical (unpaired) electrons. The number of carboxylic acids is 1. The van der Waals surface area contributed by atoms with E-state index in [-0.39, 0.29) is 155 Å². The first-order chi connectivity index (χ1) is 40.6. The molecule has 0 aliphatic carbocycles. The quantitative estimate of drug-likeness (QED) is 0.0210. The number of Topliss-reactive ketones (excluding diaryl/α,β-unsaturated/α-hetero) is 1. The van der Waals surface area contributed by atoms with Gasteiger partial charge in [0.15, 0.2) is 11.9 Å². The maximum atomic E-state index is 14.4. The Balaban J connectivity index is 1.57. The first kappa shape index (κ1) is 74.2. The van der Waals surface area contributed by atoms with Crippen molar-refractivity contribution < 1.29 is 78.1 Å². The number of quaternary nitrogens is 1. The summed E-state index contributed by atoms with van der Waals surface area (Å²) in [6, 6.07) is 2.48. The number of carbonyl (C=O) groups is 10. The number of nitrogens with one attached hydrogen (secondary N) is 4. The monoisotopic (exact) mass is 1250 g/mol. The number of imide groups is 1. The number of amides is 7. The van der Waals surface area contributed by atoms with Gasteiger partial charge in [-0.1, -0.05) is 47.1 Å². The van der Waals surface area contributed by atoms with Crippen LogP contribution in [0.15, 0.2) is 23.6 Å². The van der Waals surface area contributed by atoms with Gasteiger partial charge in [-0.25, -0.2) is 4.98 Å². The minimum Gasteiger partial charge on any atom is -0.506 e. The molecular weight excluding hydrogens is 1150 g/mol. The molecule has 2 unspecified atom stereocenters. The highest BCUT2D eigenvalue weighted by molar-refractivity contribution is 8.00. The molecule has 0 bridgehead atoms. The number of hydrogen-bond acceptors (Lipinski definition) is 18.